The van der Waals surface area contributed by atoms with Gasteiger partial charge in [-0.15, -0.1) is 0 Å². The highest BCUT2D eigenvalue weighted by Crippen LogP contribution is 2.31. The third-order valence-corrected chi connectivity index (χ3v) is 5.63. The van der Waals surface area contributed by atoms with Gasteiger partial charge in [0.05, 0.1) is 15.5 Å². The number of ether oxygens (including phenoxy) is 1. The fourth-order valence-electron chi connectivity index (χ4n) is 3.92. The van der Waals surface area contributed by atoms with Crippen molar-refractivity contribution in [1.82, 2.24) is 9.78 Å². The van der Waals surface area contributed by atoms with Crippen LogP contribution in [0, 0.1) is 0 Å². The van der Waals surface area contributed by atoms with E-state index in [1.165, 1.54) is 48.4 Å². The molecule has 3 aromatic rings. The molecule has 3 amide bonds. The van der Waals surface area contributed by atoms with E-state index in [2.05, 4.69) is 5.10 Å². The summed E-state index contributed by atoms with van der Waals surface area (Å²) in [7, 11) is 1.47. The molecule has 9 heteroatoms. The van der Waals surface area contributed by atoms with Gasteiger partial charge >= 0.3 is 0 Å². The van der Waals surface area contributed by atoms with Crippen molar-refractivity contribution in [3.8, 4) is 11.4 Å². The number of nitrogens with zero attached hydrogens (tertiary/aromatic N) is 4. The van der Waals surface area contributed by atoms with E-state index in [0.29, 0.717) is 29.3 Å². The zero-order valence-corrected chi connectivity index (χ0v) is 18.2. The molecule has 9 nitrogen and oxygen atoms in total. The Bertz CT molecular complexity index is 1520. The van der Waals surface area contributed by atoms with Crippen LogP contribution < -0.4 is 20.3 Å². The molecule has 174 valence electrons. The Labute approximate surface area is 205 Å². The average molecular weight is 466 g/mol. The lowest BCUT2D eigenvalue weighted by atomic mass is 10.0. The minimum absolute atomic E-state index is 0.0242. The molecule has 2 aliphatic rings. The monoisotopic (exact) mass is 465 g/mol. The number of methoxy groups -OCH3 is 1. The number of rotatable bonds is 5. The lowest BCUT2D eigenvalue weighted by Gasteiger charge is -2.29. The van der Waals surface area contributed by atoms with Gasteiger partial charge in [0.25, 0.3) is 11.8 Å². The van der Waals surface area contributed by atoms with Crippen molar-refractivity contribution in [2.45, 2.75) is 25.6 Å². The summed E-state index contributed by atoms with van der Waals surface area (Å²) in [6.07, 6.45) is -4.38. The molecule has 0 bridgehead atoms. The summed E-state index contributed by atoms with van der Waals surface area (Å²) < 4.78 is 57.0. The second kappa shape index (κ2) is 8.66. The third kappa shape index (κ3) is 3.68. The van der Waals surface area contributed by atoms with Crippen LogP contribution in [0.25, 0.3) is 5.69 Å². The maximum absolute atomic E-state index is 14.0. The van der Waals surface area contributed by atoms with Gasteiger partial charge in [0, 0.05) is 41.8 Å². The highest BCUT2D eigenvalue weighted by atomic mass is 16.5. The third-order valence-electron chi connectivity index (χ3n) is 5.63. The van der Waals surface area contributed by atoms with E-state index in [1.807, 2.05) is 0 Å². The summed E-state index contributed by atoms with van der Waals surface area (Å²) in [6, 6.07) is 11.8. The molecule has 2 aliphatic heterocycles. The predicted molar refractivity (Wildman–Crippen MR) is 127 cm³/mol. The van der Waals surface area contributed by atoms with Crippen LogP contribution in [0.5, 0.6) is 5.75 Å². The van der Waals surface area contributed by atoms with Crippen molar-refractivity contribution < 1.29 is 27.3 Å². The summed E-state index contributed by atoms with van der Waals surface area (Å²) in [5.74, 6) is -2.29. The van der Waals surface area contributed by atoms with Crippen LogP contribution in [-0.2, 0) is 11.2 Å². The number of fused-ring (bicyclic) bond motifs is 1. The van der Waals surface area contributed by atoms with E-state index >= 15 is 0 Å². The largest absolute Gasteiger partial charge is 0.497 e. The maximum atomic E-state index is 14.0. The molecule has 1 aromatic heterocycles. The number of hydrogen-bond donors (Lipinski definition) is 1. The van der Waals surface area contributed by atoms with Gasteiger partial charge in [-0.3, -0.25) is 14.4 Å². The summed E-state index contributed by atoms with van der Waals surface area (Å²) in [4.78, 5) is 40.8. The molecular weight excluding hydrogens is 434 g/mol. The quantitative estimate of drug-likeness (QED) is 0.623. The molecule has 3 heterocycles. The normalized spacial score (nSPS) is 23.0. The van der Waals surface area contributed by atoms with Gasteiger partial charge in [-0.1, -0.05) is 0 Å². The van der Waals surface area contributed by atoms with Crippen LogP contribution in [0.15, 0.2) is 48.5 Å². The SMILES string of the molecule is [2H]C1([2H])CCCN(c2ccc(N3C(=O)c4c(c(C(N)=O)nn4-c4ccc(OC)cc4)C([2H])([2H])C3([2H])[2H])cc2)C1=O. The second-order valence-corrected chi connectivity index (χ2v) is 7.68. The lowest BCUT2D eigenvalue weighted by molar-refractivity contribution is -0.119. The standard InChI is InChI=1S/C25H25N5O4/c1-34-19-11-9-18(10-12-19)30-23-20(22(27-30)24(26)32)13-15-29(25(23)33)17-7-5-16(6-8-17)28-14-3-2-4-21(28)31/h5-12H,2-4,13-15H2,1H3,(H2,26,32)/i4D2,13D2,15D2. The Balaban J connectivity index is 1.63. The first kappa shape index (κ1) is 15.7. The molecule has 1 saturated heterocycles. The zero-order chi connectivity index (χ0) is 29.2. The Morgan fingerprint density at radius 1 is 0.971 bits per heavy atom. The second-order valence-electron chi connectivity index (χ2n) is 7.68. The van der Waals surface area contributed by atoms with Crippen molar-refractivity contribution in [3.05, 3.63) is 65.5 Å². The van der Waals surface area contributed by atoms with Crippen molar-refractivity contribution in [3.63, 3.8) is 0 Å². The molecule has 0 radical (unpaired) electrons. The van der Waals surface area contributed by atoms with Crippen LogP contribution in [0.1, 0.15) is 54.0 Å². The van der Waals surface area contributed by atoms with Gasteiger partial charge in [-0.2, -0.15) is 5.10 Å². The molecule has 1 fully saturated rings. The van der Waals surface area contributed by atoms with Crippen molar-refractivity contribution in [2.24, 2.45) is 5.73 Å². The first-order valence-corrected chi connectivity index (χ1v) is 10.6. The Kier molecular flexibility index (Phi) is 3.99. The average Bonchev–Trinajstić information content (AvgIpc) is 3.32. The number of primary amides is 1. The van der Waals surface area contributed by atoms with Crippen molar-refractivity contribution in [1.29, 1.82) is 0 Å². The first-order valence-electron chi connectivity index (χ1n) is 13.6. The molecule has 5 rings (SSSR count). The lowest BCUT2D eigenvalue weighted by Crippen LogP contribution is -2.39. The van der Waals surface area contributed by atoms with Gasteiger partial charge in [0.15, 0.2) is 5.69 Å². The molecule has 2 aromatic carbocycles. The maximum Gasteiger partial charge on any atom is 0.277 e. The van der Waals surface area contributed by atoms with Crippen LogP contribution in [0.4, 0.5) is 11.4 Å². The van der Waals surface area contributed by atoms with E-state index in [1.54, 1.807) is 12.1 Å². The topological polar surface area (TPSA) is 111 Å². The number of nitrogens with two attached hydrogens (primary N) is 1. The molecule has 34 heavy (non-hydrogen) atoms. The van der Waals surface area contributed by atoms with E-state index in [9.17, 15) is 14.4 Å². The van der Waals surface area contributed by atoms with E-state index < -0.39 is 48.2 Å². The fourth-order valence-corrected chi connectivity index (χ4v) is 3.92. The Morgan fingerprint density at radius 2 is 1.62 bits per heavy atom. The van der Waals surface area contributed by atoms with E-state index in [0.717, 1.165) is 4.68 Å². The number of amides is 3. The highest BCUT2D eigenvalue weighted by molar-refractivity contribution is 6.09. The number of benzene rings is 2. The Hall–Kier alpha value is -4.14. The van der Waals surface area contributed by atoms with Gasteiger partial charge in [-0.05, 0) is 67.7 Å². The Morgan fingerprint density at radius 3 is 2.26 bits per heavy atom. The number of piperidine rings is 1. The smallest absolute Gasteiger partial charge is 0.277 e. The summed E-state index contributed by atoms with van der Waals surface area (Å²) >= 11 is 0. The van der Waals surface area contributed by atoms with Crippen LogP contribution in [-0.4, -0.2) is 47.7 Å². The van der Waals surface area contributed by atoms with Crippen LogP contribution in [0.2, 0.25) is 0 Å². The molecule has 0 spiro atoms. The summed E-state index contributed by atoms with van der Waals surface area (Å²) in [5, 5.41) is 4.12. The number of anilines is 2. The van der Waals surface area contributed by atoms with Gasteiger partial charge in [-0.25, -0.2) is 4.68 Å². The predicted octanol–water partition coefficient (Wildman–Crippen LogP) is 2.70. The van der Waals surface area contributed by atoms with Crippen LogP contribution >= 0.6 is 0 Å². The molecule has 0 atom stereocenters. The van der Waals surface area contributed by atoms with Crippen LogP contribution in [0.3, 0.4) is 0 Å². The van der Waals surface area contributed by atoms with E-state index in [-0.39, 0.29) is 23.5 Å². The molecular formula is C25H25N5O4. The molecule has 0 aliphatic carbocycles. The molecule has 0 unspecified atom stereocenters. The van der Waals surface area contributed by atoms with Crippen molar-refractivity contribution in [2.75, 3.05) is 30.0 Å². The number of aromatic nitrogens is 2. The summed E-state index contributed by atoms with van der Waals surface area (Å²) in [5.41, 5.74) is 4.60. The summed E-state index contributed by atoms with van der Waals surface area (Å²) in [6.45, 7) is -2.70. The fraction of sp³-hybridized carbons (Fsp3) is 0.280. The molecule has 2 N–H and O–H groups in total. The zero-order valence-electron chi connectivity index (χ0n) is 24.2. The van der Waals surface area contributed by atoms with Crippen molar-refractivity contribution >= 4 is 29.1 Å². The first-order chi connectivity index (χ1) is 18.7. The number of hydrogen-bond acceptors (Lipinski definition) is 5. The highest BCUT2D eigenvalue weighted by Gasteiger charge is 2.34. The van der Waals surface area contributed by atoms with Gasteiger partial charge in [0.1, 0.15) is 11.4 Å². The van der Waals surface area contributed by atoms with Gasteiger partial charge < -0.3 is 20.3 Å². The van der Waals surface area contributed by atoms with Gasteiger partial charge in [0.2, 0.25) is 5.91 Å². The number of carbonyl (C=O) groups excluding carboxylic acids is 3. The minimum atomic E-state index is -2.99. The number of carbonyl (C=O) groups is 3. The molecule has 0 saturated carbocycles. The van der Waals surface area contributed by atoms with E-state index in [4.69, 9.17) is 18.7 Å². The minimum Gasteiger partial charge on any atom is -0.497 e.